The molecule has 0 saturated heterocycles. The maximum atomic E-state index is 9.96. The average molecular weight is 409 g/mol. The monoisotopic (exact) mass is 408 g/mol. The van der Waals surface area contributed by atoms with Crippen molar-refractivity contribution in [1.82, 2.24) is 24.6 Å². The molecule has 3 heterocycles. The van der Waals surface area contributed by atoms with Gasteiger partial charge in [0.15, 0.2) is 5.65 Å². The lowest BCUT2D eigenvalue weighted by molar-refractivity contribution is 0.177. The van der Waals surface area contributed by atoms with Crippen LogP contribution < -0.4 is 10.1 Å². The first kappa shape index (κ1) is 19.3. The summed E-state index contributed by atoms with van der Waals surface area (Å²) in [5, 5.41) is 19.0. The molecular weight excluding hydrogens is 380 g/mol. The summed E-state index contributed by atoms with van der Waals surface area (Å²) in [6.07, 6.45) is 5.03. The van der Waals surface area contributed by atoms with Crippen LogP contribution in [0.4, 0.5) is 11.6 Å². The molecule has 3 aromatic rings. The summed E-state index contributed by atoms with van der Waals surface area (Å²) in [7, 11) is 3.83. The minimum Gasteiger partial charge on any atom is -0.495 e. The summed E-state index contributed by atoms with van der Waals surface area (Å²) in [5.74, 6) is 1.32. The van der Waals surface area contributed by atoms with Crippen molar-refractivity contribution in [2.45, 2.75) is 51.3 Å². The third-order valence-corrected chi connectivity index (χ3v) is 6.33. The van der Waals surface area contributed by atoms with E-state index in [0.29, 0.717) is 5.95 Å². The second kappa shape index (κ2) is 7.52. The van der Waals surface area contributed by atoms with Crippen molar-refractivity contribution in [3.05, 3.63) is 35.2 Å². The van der Waals surface area contributed by atoms with Crippen molar-refractivity contribution in [2.75, 3.05) is 26.0 Å². The first-order chi connectivity index (χ1) is 14.5. The van der Waals surface area contributed by atoms with Gasteiger partial charge >= 0.3 is 0 Å². The molecule has 0 amide bonds. The standard InChI is InChI=1S/C22H28N6O2/c1-13-18-11-23-22(25-21(18)28(26-13)16-4-5-17(29)10-16)24-19-8-15-12-27(2)7-6-14(15)9-20(19)30-3/h8-9,11,16-17,29H,4-7,10,12H2,1-3H3,(H,23,24,25)/t16-,17+/m0/s1. The van der Waals surface area contributed by atoms with Gasteiger partial charge in [-0.2, -0.15) is 10.1 Å². The molecule has 2 aliphatic rings. The first-order valence-electron chi connectivity index (χ1n) is 10.6. The van der Waals surface area contributed by atoms with Gasteiger partial charge in [-0.1, -0.05) is 0 Å². The molecule has 1 aliphatic heterocycles. The summed E-state index contributed by atoms with van der Waals surface area (Å²) >= 11 is 0. The number of hydrogen-bond donors (Lipinski definition) is 2. The quantitative estimate of drug-likeness (QED) is 0.686. The lowest BCUT2D eigenvalue weighted by Crippen LogP contribution is -2.26. The topological polar surface area (TPSA) is 88.3 Å². The molecule has 0 unspecified atom stereocenters. The average Bonchev–Trinajstić information content (AvgIpc) is 3.30. The van der Waals surface area contributed by atoms with E-state index in [4.69, 9.17) is 14.8 Å². The molecule has 1 saturated carbocycles. The van der Waals surface area contributed by atoms with Crippen molar-refractivity contribution < 1.29 is 9.84 Å². The molecule has 158 valence electrons. The summed E-state index contributed by atoms with van der Waals surface area (Å²) in [6, 6.07) is 4.44. The number of rotatable bonds is 4. The second-order valence-electron chi connectivity index (χ2n) is 8.52. The van der Waals surface area contributed by atoms with Gasteiger partial charge in [-0.3, -0.25) is 0 Å². The molecule has 0 spiro atoms. The smallest absolute Gasteiger partial charge is 0.229 e. The van der Waals surface area contributed by atoms with Crippen LogP contribution in [0.25, 0.3) is 11.0 Å². The van der Waals surface area contributed by atoms with Gasteiger partial charge in [-0.25, -0.2) is 9.67 Å². The van der Waals surface area contributed by atoms with Crippen molar-refractivity contribution >= 4 is 22.7 Å². The number of nitrogens with one attached hydrogen (secondary N) is 1. The van der Waals surface area contributed by atoms with Gasteiger partial charge in [0.2, 0.25) is 5.95 Å². The van der Waals surface area contributed by atoms with Gasteiger partial charge in [0, 0.05) is 19.3 Å². The fourth-order valence-electron chi connectivity index (χ4n) is 4.65. The Morgan fingerprint density at radius 3 is 2.87 bits per heavy atom. The minimum atomic E-state index is -0.258. The number of aromatic nitrogens is 4. The van der Waals surface area contributed by atoms with E-state index in [0.717, 1.165) is 66.9 Å². The number of hydrogen-bond acceptors (Lipinski definition) is 7. The molecule has 8 heteroatoms. The summed E-state index contributed by atoms with van der Waals surface area (Å²) < 4.78 is 7.61. The maximum absolute atomic E-state index is 9.96. The van der Waals surface area contributed by atoms with E-state index in [-0.39, 0.29) is 12.1 Å². The number of anilines is 2. The van der Waals surface area contributed by atoms with Crippen molar-refractivity contribution in [1.29, 1.82) is 0 Å². The molecule has 1 aromatic carbocycles. The molecule has 2 aromatic heterocycles. The number of methoxy groups -OCH3 is 1. The van der Waals surface area contributed by atoms with E-state index in [1.165, 1.54) is 11.1 Å². The number of ether oxygens (including phenoxy) is 1. The van der Waals surface area contributed by atoms with Crippen LogP contribution in [0.1, 0.15) is 42.1 Å². The summed E-state index contributed by atoms with van der Waals surface area (Å²) in [6.45, 7) is 3.95. The molecule has 5 rings (SSSR count). The fraction of sp³-hybridized carbons (Fsp3) is 0.500. The molecule has 1 aliphatic carbocycles. The van der Waals surface area contributed by atoms with E-state index in [9.17, 15) is 5.11 Å². The van der Waals surface area contributed by atoms with Gasteiger partial charge in [0.1, 0.15) is 5.75 Å². The maximum Gasteiger partial charge on any atom is 0.229 e. The Bertz CT molecular complexity index is 1090. The Morgan fingerprint density at radius 2 is 2.10 bits per heavy atom. The van der Waals surface area contributed by atoms with E-state index in [1.807, 2.05) is 17.8 Å². The van der Waals surface area contributed by atoms with Crippen LogP contribution in [0.15, 0.2) is 18.3 Å². The van der Waals surface area contributed by atoms with Crippen LogP contribution in [-0.2, 0) is 13.0 Å². The first-order valence-corrected chi connectivity index (χ1v) is 10.6. The van der Waals surface area contributed by atoms with Gasteiger partial charge in [0.25, 0.3) is 0 Å². The number of fused-ring (bicyclic) bond motifs is 2. The molecule has 0 bridgehead atoms. The highest BCUT2D eigenvalue weighted by Gasteiger charge is 2.27. The van der Waals surface area contributed by atoms with Crippen molar-refractivity contribution in [3.8, 4) is 5.75 Å². The predicted molar refractivity (Wildman–Crippen MR) is 115 cm³/mol. The van der Waals surface area contributed by atoms with E-state index >= 15 is 0 Å². The van der Waals surface area contributed by atoms with Gasteiger partial charge in [-0.15, -0.1) is 0 Å². The zero-order valence-electron chi connectivity index (χ0n) is 17.7. The number of likely N-dealkylation sites (N-methyl/N-ethyl adjacent to an activating group) is 1. The summed E-state index contributed by atoms with van der Waals surface area (Å²) in [4.78, 5) is 11.6. The van der Waals surface area contributed by atoms with E-state index in [1.54, 1.807) is 7.11 Å². The van der Waals surface area contributed by atoms with Crippen LogP contribution in [-0.4, -0.2) is 56.6 Å². The number of aryl methyl sites for hydroxylation is 1. The highest BCUT2D eigenvalue weighted by Crippen LogP contribution is 2.35. The zero-order chi connectivity index (χ0) is 20.8. The molecule has 8 nitrogen and oxygen atoms in total. The fourth-order valence-corrected chi connectivity index (χ4v) is 4.65. The Kier molecular flexibility index (Phi) is 4.83. The van der Waals surface area contributed by atoms with Crippen LogP contribution in [0.5, 0.6) is 5.75 Å². The molecule has 1 fully saturated rings. The molecular formula is C22H28N6O2. The van der Waals surface area contributed by atoms with Crippen LogP contribution in [0.3, 0.4) is 0 Å². The number of benzene rings is 1. The number of aliphatic hydroxyl groups excluding tert-OH is 1. The zero-order valence-corrected chi connectivity index (χ0v) is 17.7. The lowest BCUT2D eigenvalue weighted by Gasteiger charge is -2.26. The largest absolute Gasteiger partial charge is 0.495 e. The Labute approximate surface area is 175 Å². The highest BCUT2D eigenvalue weighted by molar-refractivity contribution is 5.79. The van der Waals surface area contributed by atoms with Crippen LogP contribution in [0.2, 0.25) is 0 Å². The van der Waals surface area contributed by atoms with Crippen LogP contribution in [0, 0.1) is 6.92 Å². The summed E-state index contributed by atoms with van der Waals surface area (Å²) in [5.41, 5.74) is 5.22. The Balaban J connectivity index is 1.51. The number of nitrogens with zero attached hydrogens (tertiary/aromatic N) is 5. The van der Waals surface area contributed by atoms with E-state index < -0.39 is 0 Å². The third kappa shape index (κ3) is 3.40. The van der Waals surface area contributed by atoms with Gasteiger partial charge in [-0.05, 0) is 62.9 Å². The van der Waals surface area contributed by atoms with Gasteiger partial charge < -0.3 is 20.1 Å². The lowest BCUT2D eigenvalue weighted by atomic mass is 9.99. The number of aliphatic hydroxyl groups is 1. The molecule has 0 radical (unpaired) electrons. The second-order valence-corrected chi connectivity index (χ2v) is 8.52. The predicted octanol–water partition coefficient (Wildman–Crippen LogP) is 2.96. The Morgan fingerprint density at radius 1 is 1.23 bits per heavy atom. The van der Waals surface area contributed by atoms with E-state index in [2.05, 4.69) is 34.4 Å². The minimum absolute atomic E-state index is 0.174. The molecule has 2 atom stereocenters. The molecule has 2 N–H and O–H groups in total. The van der Waals surface area contributed by atoms with Crippen molar-refractivity contribution in [3.63, 3.8) is 0 Å². The van der Waals surface area contributed by atoms with Gasteiger partial charge in [0.05, 0.1) is 36.0 Å². The van der Waals surface area contributed by atoms with Crippen LogP contribution >= 0.6 is 0 Å². The SMILES string of the molecule is COc1cc2c(cc1Nc1ncc3c(C)nn([C@H]4CC[C@@H](O)C4)c3n1)CN(C)CC2. The Hall–Kier alpha value is -2.71. The normalized spacial score (nSPS) is 21.7. The third-order valence-electron chi connectivity index (χ3n) is 6.33. The van der Waals surface area contributed by atoms with Crippen molar-refractivity contribution in [2.24, 2.45) is 0 Å². The highest BCUT2D eigenvalue weighted by atomic mass is 16.5. The molecule has 30 heavy (non-hydrogen) atoms.